The van der Waals surface area contributed by atoms with Gasteiger partial charge in [0, 0.05) is 21.7 Å². The molecule has 0 radical (unpaired) electrons. The number of halogens is 1. The van der Waals surface area contributed by atoms with E-state index in [2.05, 4.69) is 0 Å². The monoisotopic (exact) mass is 421 g/mol. The molecule has 4 heteroatoms. The van der Waals surface area contributed by atoms with Gasteiger partial charge in [-0.3, -0.25) is 4.79 Å². The van der Waals surface area contributed by atoms with Crippen LogP contribution in [-0.4, -0.2) is 12.0 Å². The highest BCUT2D eigenvalue weighted by Crippen LogP contribution is 2.43. The summed E-state index contributed by atoms with van der Waals surface area (Å²) >= 11 is 6.67. The molecule has 0 aliphatic heterocycles. The molecule has 1 unspecified atom stereocenters. The first-order valence-electron chi connectivity index (χ1n) is 10.3. The van der Waals surface area contributed by atoms with Gasteiger partial charge in [0.1, 0.15) is 6.04 Å². The maximum atomic E-state index is 13.3. The Morgan fingerprint density at radius 1 is 0.967 bits per heavy atom. The van der Waals surface area contributed by atoms with E-state index in [1.807, 2.05) is 99.6 Å². The van der Waals surface area contributed by atoms with Crippen molar-refractivity contribution in [1.29, 1.82) is 0 Å². The van der Waals surface area contributed by atoms with Crippen LogP contribution in [0.1, 0.15) is 42.5 Å². The van der Waals surface area contributed by atoms with Crippen LogP contribution >= 0.6 is 11.6 Å². The van der Waals surface area contributed by atoms with Crippen molar-refractivity contribution in [1.82, 2.24) is 0 Å². The summed E-state index contributed by atoms with van der Waals surface area (Å²) in [7, 11) is 0. The highest BCUT2D eigenvalue weighted by Gasteiger charge is 2.43. The van der Waals surface area contributed by atoms with Crippen LogP contribution in [0.5, 0.6) is 0 Å². The second-order valence-electron chi connectivity index (χ2n) is 7.73. The fourth-order valence-corrected chi connectivity index (χ4v) is 3.83. The molecule has 2 N–H and O–H groups in total. The van der Waals surface area contributed by atoms with Gasteiger partial charge in [0.15, 0.2) is 5.60 Å². The van der Waals surface area contributed by atoms with Gasteiger partial charge in [0.2, 0.25) is 0 Å². The zero-order valence-electron chi connectivity index (χ0n) is 17.6. The molecule has 0 spiro atoms. The molecule has 156 valence electrons. The first-order valence-corrected chi connectivity index (χ1v) is 10.6. The van der Waals surface area contributed by atoms with Gasteiger partial charge in [-0.1, -0.05) is 110 Å². The predicted molar refractivity (Wildman–Crippen MR) is 122 cm³/mol. The van der Waals surface area contributed by atoms with Crippen LogP contribution in [0.15, 0.2) is 78.9 Å². The first kappa shape index (κ1) is 22.1. The minimum Gasteiger partial charge on any atom is -0.443 e. The number of hydrogen-bond acceptors (Lipinski definition) is 3. The van der Waals surface area contributed by atoms with Gasteiger partial charge in [-0.2, -0.15) is 0 Å². The molecule has 0 saturated carbocycles. The molecular formula is C26H28ClNO2. The second kappa shape index (κ2) is 9.46. The summed E-state index contributed by atoms with van der Waals surface area (Å²) in [4.78, 5) is 13.3. The van der Waals surface area contributed by atoms with Crippen LogP contribution in [-0.2, 0) is 15.1 Å². The summed E-state index contributed by atoms with van der Waals surface area (Å²) in [6, 6.07) is 24.4. The highest BCUT2D eigenvalue weighted by molar-refractivity contribution is 6.31. The van der Waals surface area contributed by atoms with Crippen LogP contribution in [0.3, 0.4) is 0 Å². The Labute approximate surface area is 183 Å². The average molecular weight is 422 g/mol. The number of rotatable bonds is 7. The van der Waals surface area contributed by atoms with Crippen LogP contribution in [0.25, 0.3) is 0 Å². The molecule has 0 aliphatic rings. The van der Waals surface area contributed by atoms with Crippen molar-refractivity contribution in [3.63, 3.8) is 0 Å². The van der Waals surface area contributed by atoms with Crippen LogP contribution < -0.4 is 5.73 Å². The van der Waals surface area contributed by atoms with E-state index in [0.29, 0.717) is 10.6 Å². The van der Waals surface area contributed by atoms with Gasteiger partial charge >= 0.3 is 5.97 Å². The minimum absolute atomic E-state index is 0.00441. The Bertz CT molecular complexity index is 987. The zero-order valence-corrected chi connectivity index (χ0v) is 18.4. The Balaban J connectivity index is 2.28. The van der Waals surface area contributed by atoms with E-state index in [1.165, 1.54) is 0 Å². The van der Waals surface area contributed by atoms with Crippen LogP contribution in [0.2, 0.25) is 5.02 Å². The van der Waals surface area contributed by atoms with E-state index < -0.39 is 17.6 Å². The van der Waals surface area contributed by atoms with Gasteiger partial charge in [-0.05, 0) is 18.9 Å². The van der Waals surface area contributed by atoms with E-state index in [0.717, 1.165) is 23.1 Å². The van der Waals surface area contributed by atoms with Crippen molar-refractivity contribution in [2.75, 3.05) is 0 Å². The number of esters is 1. The molecule has 3 rings (SSSR count). The molecular weight excluding hydrogens is 394 g/mol. The summed E-state index contributed by atoms with van der Waals surface area (Å²) in [5.74, 6) is -0.455. The second-order valence-corrected chi connectivity index (χ2v) is 8.13. The smallest absolute Gasteiger partial charge is 0.324 e. The first-order chi connectivity index (χ1) is 14.4. The zero-order chi connectivity index (χ0) is 21.7. The summed E-state index contributed by atoms with van der Waals surface area (Å²) in [5.41, 5.74) is 8.50. The highest BCUT2D eigenvalue weighted by atomic mass is 35.5. The van der Waals surface area contributed by atoms with Gasteiger partial charge in [0.05, 0.1) is 0 Å². The third-order valence-corrected chi connectivity index (χ3v) is 6.00. The SMILES string of the molecule is CC[C@@H](C)[C@@H](N)C(=O)OC(c1ccccc1)(c1ccc(C)cc1)c1ccccc1Cl. The topological polar surface area (TPSA) is 52.3 Å². The molecule has 0 bridgehead atoms. The van der Waals surface area contributed by atoms with Crippen molar-refractivity contribution in [3.05, 3.63) is 106 Å². The molecule has 3 nitrogen and oxygen atoms in total. The molecule has 3 aromatic rings. The normalized spacial score (nSPS) is 15.1. The molecule has 0 saturated heterocycles. The third-order valence-electron chi connectivity index (χ3n) is 5.67. The molecule has 0 aromatic heterocycles. The maximum absolute atomic E-state index is 13.3. The van der Waals surface area contributed by atoms with Gasteiger partial charge < -0.3 is 10.5 Å². The van der Waals surface area contributed by atoms with Crippen molar-refractivity contribution in [2.45, 2.75) is 38.8 Å². The largest absolute Gasteiger partial charge is 0.443 e. The number of carbonyl (C=O) groups excluding carboxylic acids is 1. The predicted octanol–water partition coefficient (Wildman–Crippen LogP) is 5.86. The summed E-state index contributed by atoms with van der Waals surface area (Å²) in [6.45, 7) is 5.99. The van der Waals surface area contributed by atoms with Gasteiger partial charge in [-0.25, -0.2) is 0 Å². The molecule has 0 heterocycles. The Morgan fingerprint density at radius 3 is 2.13 bits per heavy atom. The van der Waals surface area contributed by atoms with E-state index in [4.69, 9.17) is 22.1 Å². The van der Waals surface area contributed by atoms with Crippen molar-refractivity contribution >= 4 is 17.6 Å². The quantitative estimate of drug-likeness (QED) is 0.384. The van der Waals surface area contributed by atoms with E-state index >= 15 is 0 Å². The molecule has 0 aliphatic carbocycles. The van der Waals surface area contributed by atoms with Gasteiger partial charge in [-0.15, -0.1) is 0 Å². The fourth-order valence-electron chi connectivity index (χ4n) is 3.56. The van der Waals surface area contributed by atoms with Gasteiger partial charge in [0.25, 0.3) is 0 Å². The summed E-state index contributed by atoms with van der Waals surface area (Å²) in [5, 5.41) is 0.520. The minimum atomic E-state index is -1.21. The fraction of sp³-hybridized carbons (Fsp3) is 0.269. The summed E-state index contributed by atoms with van der Waals surface area (Å²) in [6.07, 6.45) is 0.783. The van der Waals surface area contributed by atoms with E-state index in [1.54, 1.807) is 0 Å². The van der Waals surface area contributed by atoms with Crippen molar-refractivity contribution in [2.24, 2.45) is 11.7 Å². The Hall–Kier alpha value is -2.62. The maximum Gasteiger partial charge on any atom is 0.324 e. The summed E-state index contributed by atoms with van der Waals surface area (Å²) < 4.78 is 6.35. The number of carbonyl (C=O) groups is 1. The Morgan fingerprint density at radius 2 is 1.53 bits per heavy atom. The molecule has 0 fully saturated rings. The number of ether oxygens (including phenoxy) is 1. The van der Waals surface area contributed by atoms with Crippen molar-refractivity contribution in [3.8, 4) is 0 Å². The number of benzene rings is 3. The average Bonchev–Trinajstić information content (AvgIpc) is 2.78. The lowest BCUT2D eigenvalue weighted by Crippen LogP contribution is -2.44. The number of aryl methyl sites for hydroxylation is 1. The molecule has 30 heavy (non-hydrogen) atoms. The molecule has 3 atom stereocenters. The number of nitrogens with two attached hydrogens (primary N) is 1. The number of hydrogen-bond donors (Lipinski definition) is 1. The van der Waals surface area contributed by atoms with Crippen LogP contribution in [0, 0.1) is 12.8 Å². The van der Waals surface area contributed by atoms with Crippen LogP contribution in [0.4, 0.5) is 0 Å². The Kier molecular flexibility index (Phi) is 6.96. The van der Waals surface area contributed by atoms with Crippen molar-refractivity contribution < 1.29 is 9.53 Å². The lowest BCUT2D eigenvalue weighted by Gasteiger charge is -2.37. The van der Waals surface area contributed by atoms with E-state index in [9.17, 15) is 4.79 Å². The third kappa shape index (κ3) is 4.28. The lowest BCUT2D eigenvalue weighted by atomic mass is 9.79. The lowest BCUT2D eigenvalue weighted by molar-refractivity contribution is -0.156. The molecule has 0 amide bonds. The van der Waals surface area contributed by atoms with E-state index in [-0.39, 0.29) is 5.92 Å². The standard InChI is InChI=1S/C26H28ClNO2/c1-4-19(3)24(28)25(29)30-26(20-10-6-5-7-11-20,21-16-14-18(2)15-17-21)22-12-8-9-13-23(22)27/h5-17,19,24H,4,28H2,1-3H3/t19-,24-,26?/m1/s1. The molecule has 3 aromatic carbocycles.